The summed E-state index contributed by atoms with van der Waals surface area (Å²) in [5.41, 5.74) is 5.53. The van der Waals surface area contributed by atoms with Gasteiger partial charge in [0.25, 0.3) is 0 Å². The van der Waals surface area contributed by atoms with E-state index in [1.807, 2.05) is 26.0 Å². The number of hydrogen-bond donors (Lipinski definition) is 4. The van der Waals surface area contributed by atoms with Crippen LogP contribution in [0.1, 0.15) is 60.3 Å². The van der Waals surface area contributed by atoms with Crippen molar-refractivity contribution in [1.82, 2.24) is 16.2 Å². The molecule has 0 bridgehead atoms. The largest absolute Gasteiger partial charge is 0.459 e. The van der Waals surface area contributed by atoms with Gasteiger partial charge in [0.1, 0.15) is 23.9 Å². The highest BCUT2D eigenvalue weighted by Crippen LogP contribution is 2.43. The molecule has 0 aliphatic carbocycles. The molecule has 1 spiro atoms. The second kappa shape index (κ2) is 14.4. The summed E-state index contributed by atoms with van der Waals surface area (Å²) in [4.78, 5) is 35.4. The van der Waals surface area contributed by atoms with E-state index in [1.54, 1.807) is 20.0 Å². The lowest BCUT2D eigenvalue weighted by Crippen LogP contribution is -2.51. The van der Waals surface area contributed by atoms with Crippen LogP contribution in [-0.2, 0) is 33.3 Å². The van der Waals surface area contributed by atoms with Crippen LogP contribution in [0.4, 0.5) is 0 Å². The van der Waals surface area contributed by atoms with Crippen LogP contribution in [0.2, 0.25) is 0 Å². The summed E-state index contributed by atoms with van der Waals surface area (Å²) in [5, 5.41) is 13.8. The Hall–Kier alpha value is -2.57. The van der Waals surface area contributed by atoms with Crippen molar-refractivity contribution in [2.24, 2.45) is 5.92 Å². The van der Waals surface area contributed by atoms with Crippen LogP contribution in [0.3, 0.4) is 0 Å². The van der Waals surface area contributed by atoms with Crippen molar-refractivity contribution < 1.29 is 38.4 Å². The fourth-order valence-electron chi connectivity index (χ4n) is 5.28. The van der Waals surface area contributed by atoms with E-state index in [4.69, 9.17) is 18.9 Å². The molecule has 2 amide bonds. The maximum atomic E-state index is 12.4. The Kier molecular flexibility index (Phi) is 11.5. The van der Waals surface area contributed by atoms with Crippen molar-refractivity contribution in [2.45, 2.75) is 109 Å². The van der Waals surface area contributed by atoms with Gasteiger partial charge in [-0.25, -0.2) is 5.43 Å². The average molecular weight is 564 g/mol. The van der Waals surface area contributed by atoms with Crippen molar-refractivity contribution in [3.8, 4) is 0 Å². The lowest BCUT2D eigenvalue weighted by molar-refractivity contribution is -0.146. The lowest BCUT2D eigenvalue weighted by Gasteiger charge is -2.39. The number of rotatable bonds is 11. The number of hydrogen-bond acceptors (Lipinski definition) is 9. The highest BCUT2D eigenvalue weighted by molar-refractivity contribution is 5.87. The lowest BCUT2D eigenvalue weighted by atomic mass is 9.87. The predicted molar refractivity (Wildman–Crippen MR) is 148 cm³/mol. The minimum Gasteiger partial charge on any atom is -0.459 e. The van der Waals surface area contributed by atoms with E-state index in [9.17, 15) is 19.5 Å². The minimum atomic E-state index is -0.797. The minimum absolute atomic E-state index is 0.000699. The van der Waals surface area contributed by atoms with E-state index in [2.05, 4.69) is 29.2 Å². The molecule has 9 atom stereocenters. The van der Waals surface area contributed by atoms with E-state index in [1.165, 1.54) is 13.0 Å². The zero-order valence-electron chi connectivity index (χ0n) is 24.3. The fourth-order valence-corrected chi connectivity index (χ4v) is 5.28. The number of nitrogens with one attached hydrogen (secondary N) is 3. The molecule has 40 heavy (non-hydrogen) atoms. The summed E-state index contributed by atoms with van der Waals surface area (Å²) in [5.74, 6) is -0.603. The van der Waals surface area contributed by atoms with Gasteiger partial charge in [-0.15, -0.1) is 0 Å². The Morgan fingerprint density at radius 2 is 1.90 bits per heavy atom. The summed E-state index contributed by atoms with van der Waals surface area (Å²) in [6.45, 7) is 9.53. The molecule has 4 N–H and O–H groups in total. The molecule has 0 aromatic heterocycles. The number of aliphatic hydroxyl groups is 1. The van der Waals surface area contributed by atoms with Crippen molar-refractivity contribution >= 4 is 17.8 Å². The van der Waals surface area contributed by atoms with E-state index >= 15 is 0 Å². The average Bonchev–Trinajstić information content (AvgIpc) is 3.64. The van der Waals surface area contributed by atoms with Crippen LogP contribution in [0.25, 0.3) is 0 Å². The number of esters is 1. The number of amides is 2. The number of epoxide rings is 1. The monoisotopic (exact) mass is 563 g/mol. The molecule has 3 saturated heterocycles. The summed E-state index contributed by atoms with van der Waals surface area (Å²) in [6, 6.07) is -0.123. The van der Waals surface area contributed by atoms with E-state index in [0.29, 0.717) is 19.4 Å². The first kappa shape index (κ1) is 32.0. The highest BCUT2D eigenvalue weighted by atomic mass is 16.6. The Labute approximate surface area is 236 Å². The van der Waals surface area contributed by atoms with Crippen LogP contribution in [0.5, 0.6) is 0 Å². The first-order valence-electron chi connectivity index (χ1n) is 14.0. The molecule has 0 saturated carbocycles. The molecule has 3 aliphatic rings. The van der Waals surface area contributed by atoms with Crippen LogP contribution < -0.4 is 16.2 Å². The molecular formula is C29H45N3O8. The molecule has 11 heteroatoms. The van der Waals surface area contributed by atoms with Gasteiger partial charge in [-0.2, -0.15) is 0 Å². The smallest absolute Gasteiger partial charge is 0.303 e. The van der Waals surface area contributed by atoms with Gasteiger partial charge in [0.2, 0.25) is 11.8 Å². The van der Waals surface area contributed by atoms with Crippen molar-refractivity contribution in [1.29, 1.82) is 0 Å². The summed E-state index contributed by atoms with van der Waals surface area (Å²) >= 11 is 0. The third kappa shape index (κ3) is 9.24. The molecule has 3 heterocycles. The number of carbonyl (C=O) groups is 3. The van der Waals surface area contributed by atoms with Crippen LogP contribution in [0, 0.1) is 5.92 Å². The van der Waals surface area contributed by atoms with E-state index < -0.39 is 29.9 Å². The molecule has 0 radical (unpaired) electrons. The van der Waals surface area contributed by atoms with E-state index in [-0.39, 0.29) is 48.5 Å². The molecule has 1 unspecified atom stereocenters. The number of aliphatic hydroxyl groups excluding tert-OH is 1. The molecule has 3 rings (SSSR count). The molecule has 11 nitrogen and oxygen atoms in total. The van der Waals surface area contributed by atoms with Crippen LogP contribution in [0.15, 0.2) is 36.0 Å². The molecule has 0 aromatic rings. The first-order valence-corrected chi connectivity index (χ1v) is 14.0. The first-order chi connectivity index (χ1) is 18.9. The predicted octanol–water partition coefficient (Wildman–Crippen LogP) is 1.61. The number of ether oxygens (including phenoxy) is 4. The van der Waals surface area contributed by atoms with Crippen LogP contribution in [-0.4, -0.2) is 84.8 Å². The van der Waals surface area contributed by atoms with Gasteiger partial charge < -0.3 is 29.4 Å². The molecule has 3 fully saturated rings. The van der Waals surface area contributed by atoms with Crippen molar-refractivity contribution in [2.75, 3.05) is 13.7 Å². The van der Waals surface area contributed by atoms with Gasteiger partial charge in [-0.1, -0.05) is 30.7 Å². The van der Waals surface area contributed by atoms with Gasteiger partial charge in [0, 0.05) is 26.5 Å². The molecule has 0 aromatic carbocycles. The maximum absolute atomic E-state index is 12.4. The standard InChI is InChI=1S/C29H45N3O8/c1-17(8-11-25-28(36)29(16-37-29)15-22(40-25)14-27(35)32-30-6)7-10-24-18(2)13-23(20(4)39-24)31-26(34)12-9-19(3)38-21(5)33/h7-9,11-12,18-20,22-25,28,30,36H,10,13-16H2,1-6H3,(H,31,34)(H,32,35)/b11-8+,12-9-,17-7+/t18-,19?,20+,22+,23+,24-,25+,28+,29+/m0/s1. The van der Waals surface area contributed by atoms with Gasteiger partial charge >= 0.3 is 5.97 Å². The van der Waals surface area contributed by atoms with Gasteiger partial charge in [0.05, 0.1) is 37.4 Å². The number of allylic oxidation sites excluding steroid dienone is 2. The quantitative estimate of drug-likeness (QED) is 0.0968. The molecular weight excluding hydrogens is 518 g/mol. The number of hydrazine groups is 1. The zero-order valence-corrected chi connectivity index (χ0v) is 24.3. The maximum Gasteiger partial charge on any atom is 0.303 e. The van der Waals surface area contributed by atoms with Crippen molar-refractivity contribution in [3.05, 3.63) is 36.0 Å². The Balaban J connectivity index is 1.50. The summed E-state index contributed by atoms with van der Waals surface area (Å²) in [6.07, 6.45) is 8.57. The fraction of sp³-hybridized carbons (Fsp3) is 0.690. The second-order valence-electron chi connectivity index (χ2n) is 11.2. The molecule has 3 aliphatic heterocycles. The summed E-state index contributed by atoms with van der Waals surface area (Å²) in [7, 11) is 1.63. The van der Waals surface area contributed by atoms with Gasteiger partial charge in [-0.05, 0) is 45.6 Å². The van der Waals surface area contributed by atoms with E-state index in [0.717, 1.165) is 12.0 Å². The Morgan fingerprint density at radius 1 is 1.18 bits per heavy atom. The number of carbonyl (C=O) groups excluding carboxylic acids is 3. The van der Waals surface area contributed by atoms with Gasteiger partial charge in [0.15, 0.2) is 0 Å². The second-order valence-corrected chi connectivity index (χ2v) is 11.2. The van der Waals surface area contributed by atoms with Crippen molar-refractivity contribution in [3.63, 3.8) is 0 Å². The topological polar surface area (TPSA) is 148 Å². The molecule has 224 valence electrons. The SMILES string of the molecule is CNNC(=O)C[C@@H]1C[C@@]2(CO2)[C@H](O)[C@@H](/C=C/C(C)=C/C[C@@H]2O[C@H](C)[C@H](NC(=O)/C=C\C(C)OC(C)=O)C[C@@H]2C)O1. The van der Waals surface area contributed by atoms with Crippen LogP contribution >= 0.6 is 0 Å². The Morgan fingerprint density at radius 3 is 2.55 bits per heavy atom. The Bertz CT molecular complexity index is 992. The van der Waals surface area contributed by atoms with Gasteiger partial charge in [-0.3, -0.25) is 19.8 Å². The third-order valence-corrected chi connectivity index (χ3v) is 7.60. The third-order valence-electron chi connectivity index (χ3n) is 7.60. The highest BCUT2D eigenvalue weighted by Gasteiger charge is 2.58. The zero-order chi connectivity index (χ0) is 29.4. The normalized spacial score (nSPS) is 35.1. The summed E-state index contributed by atoms with van der Waals surface area (Å²) < 4.78 is 22.9.